The minimum atomic E-state index is -0.944. The fourth-order valence-corrected chi connectivity index (χ4v) is 2.32. The fraction of sp³-hybridized carbons (Fsp3) is 0.250. The van der Waals surface area contributed by atoms with E-state index in [4.69, 9.17) is 4.74 Å². The molecule has 0 N–H and O–H groups in total. The molecule has 1 aromatic carbocycles. The molecule has 1 fully saturated rings. The van der Waals surface area contributed by atoms with Crippen molar-refractivity contribution in [1.82, 2.24) is 4.98 Å². The summed E-state index contributed by atoms with van der Waals surface area (Å²) in [6, 6.07) is 4.27. The zero-order valence-electron chi connectivity index (χ0n) is 12.1. The van der Waals surface area contributed by atoms with E-state index in [0.717, 1.165) is 31.4 Å². The molecular weight excluding hydrogens is 311 g/mol. The maximum atomic E-state index is 14.3. The largest absolute Gasteiger partial charge is 0.464 e. The van der Waals surface area contributed by atoms with Crippen molar-refractivity contribution in [2.75, 3.05) is 20.3 Å². The van der Waals surface area contributed by atoms with Gasteiger partial charge >= 0.3 is 5.97 Å². The summed E-state index contributed by atoms with van der Waals surface area (Å²) in [5.41, 5.74) is -0.977. The number of methoxy groups -OCH3 is 1. The predicted molar refractivity (Wildman–Crippen MR) is 74.4 cm³/mol. The highest BCUT2D eigenvalue weighted by molar-refractivity contribution is 5.87. The quantitative estimate of drug-likeness (QED) is 0.815. The lowest BCUT2D eigenvalue weighted by molar-refractivity contribution is 0.00822. The van der Waals surface area contributed by atoms with Crippen molar-refractivity contribution >= 4 is 5.97 Å². The highest BCUT2D eigenvalue weighted by Crippen LogP contribution is 2.32. The molecule has 120 valence electrons. The van der Waals surface area contributed by atoms with Gasteiger partial charge in [0.25, 0.3) is 0 Å². The number of nitrogens with zero attached hydrogens (tertiary/aromatic N) is 1. The summed E-state index contributed by atoms with van der Waals surface area (Å²) in [7, 11) is 1.13. The SMILES string of the molecule is COC(=O)c1ccc(F)c(-c2c(F)cc(C3COC3)cc2F)n1. The monoisotopic (exact) mass is 323 g/mol. The molecule has 1 aromatic heterocycles. The highest BCUT2D eigenvalue weighted by atomic mass is 19.1. The van der Waals surface area contributed by atoms with Gasteiger partial charge in [0, 0.05) is 5.92 Å². The van der Waals surface area contributed by atoms with Crippen LogP contribution in [0.25, 0.3) is 11.3 Å². The lowest BCUT2D eigenvalue weighted by atomic mass is 9.95. The Morgan fingerprint density at radius 2 is 1.83 bits per heavy atom. The molecule has 0 atom stereocenters. The van der Waals surface area contributed by atoms with Crippen molar-refractivity contribution < 1.29 is 27.4 Å². The molecule has 4 nitrogen and oxygen atoms in total. The molecule has 0 aliphatic carbocycles. The normalized spacial score (nSPS) is 14.4. The lowest BCUT2D eigenvalue weighted by Gasteiger charge is -2.26. The van der Waals surface area contributed by atoms with Gasteiger partial charge in [-0.05, 0) is 29.8 Å². The molecule has 3 rings (SSSR count). The molecule has 1 aliphatic heterocycles. The minimum absolute atomic E-state index is 0.0766. The zero-order chi connectivity index (χ0) is 16.6. The van der Waals surface area contributed by atoms with Gasteiger partial charge in [0.15, 0.2) is 0 Å². The number of aromatic nitrogens is 1. The number of hydrogen-bond donors (Lipinski definition) is 0. The van der Waals surface area contributed by atoms with Crippen LogP contribution >= 0.6 is 0 Å². The third kappa shape index (κ3) is 2.79. The molecule has 0 spiro atoms. The Kier molecular flexibility index (Phi) is 4.04. The van der Waals surface area contributed by atoms with Crippen molar-refractivity contribution in [2.24, 2.45) is 0 Å². The van der Waals surface area contributed by atoms with Crippen molar-refractivity contribution in [3.05, 3.63) is 53.0 Å². The van der Waals surface area contributed by atoms with E-state index in [2.05, 4.69) is 9.72 Å². The Balaban J connectivity index is 2.09. The van der Waals surface area contributed by atoms with Crippen LogP contribution in [0.4, 0.5) is 13.2 Å². The van der Waals surface area contributed by atoms with E-state index in [1.54, 1.807) is 0 Å². The van der Waals surface area contributed by atoms with Crippen LogP contribution in [0.3, 0.4) is 0 Å². The van der Waals surface area contributed by atoms with Crippen LogP contribution in [0, 0.1) is 17.5 Å². The first-order chi connectivity index (χ1) is 11.0. The number of hydrogen-bond acceptors (Lipinski definition) is 4. The third-order valence-corrected chi connectivity index (χ3v) is 3.65. The molecule has 2 heterocycles. The van der Waals surface area contributed by atoms with Gasteiger partial charge in [-0.3, -0.25) is 0 Å². The van der Waals surface area contributed by atoms with Crippen molar-refractivity contribution in [3.8, 4) is 11.3 Å². The van der Waals surface area contributed by atoms with E-state index >= 15 is 0 Å². The van der Waals surface area contributed by atoms with E-state index in [1.165, 1.54) is 0 Å². The highest BCUT2D eigenvalue weighted by Gasteiger charge is 2.25. The van der Waals surface area contributed by atoms with Crippen LogP contribution in [-0.4, -0.2) is 31.3 Å². The summed E-state index contributed by atoms with van der Waals surface area (Å²) in [5, 5.41) is 0. The van der Waals surface area contributed by atoms with E-state index < -0.39 is 34.7 Å². The van der Waals surface area contributed by atoms with Gasteiger partial charge in [0.2, 0.25) is 0 Å². The fourth-order valence-electron chi connectivity index (χ4n) is 2.32. The number of carbonyl (C=O) groups excluding carboxylic acids is 1. The topological polar surface area (TPSA) is 48.4 Å². The van der Waals surface area contributed by atoms with Gasteiger partial charge in [-0.25, -0.2) is 22.9 Å². The molecular formula is C16H12F3NO3. The third-order valence-electron chi connectivity index (χ3n) is 3.65. The second-order valence-corrected chi connectivity index (χ2v) is 5.11. The Morgan fingerprint density at radius 1 is 1.17 bits per heavy atom. The Labute approximate surface area is 129 Å². The number of rotatable bonds is 3. The number of ether oxygens (including phenoxy) is 2. The van der Waals surface area contributed by atoms with E-state index in [-0.39, 0.29) is 11.6 Å². The molecule has 1 saturated heterocycles. The molecule has 2 aromatic rings. The van der Waals surface area contributed by atoms with Gasteiger partial charge in [-0.2, -0.15) is 0 Å². The number of halogens is 3. The predicted octanol–water partition coefficient (Wildman–Crippen LogP) is 3.07. The van der Waals surface area contributed by atoms with Crippen LogP contribution in [-0.2, 0) is 9.47 Å². The molecule has 23 heavy (non-hydrogen) atoms. The first-order valence-corrected chi connectivity index (χ1v) is 6.83. The minimum Gasteiger partial charge on any atom is -0.464 e. The maximum absolute atomic E-state index is 14.3. The van der Waals surface area contributed by atoms with Crippen LogP contribution in [0.1, 0.15) is 22.0 Å². The maximum Gasteiger partial charge on any atom is 0.356 e. The summed E-state index contributed by atoms with van der Waals surface area (Å²) in [5.74, 6) is -3.72. The second kappa shape index (κ2) is 6.00. The number of benzene rings is 1. The Morgan fingerprint density at radius 3 is 2.35 bits per heavy atom. The average molecular weight is 323 g/mol. The van der Waals surface area contributed by atoms with Gasteiger partial charge in [0.1, 0.15) is 28.8 Å². The van der Waals surface area contributed by atoms with Crippen molar-refractivity contribution in [3.63, 3.8) is 0 Å². The van der Waals surface area contributed by atoms with Crippen molar-refractivity contribution in [2.45, 2.75) is 5.92 Å². The van der Waals surface area contributed by atoms with Crippen LogP contribution in [0.5, 0.6) is 0 Å². The van der Waals surface area contributed by atoms with Gasteiger partial charge in [0.05, 0.1) is 25.9 Å². The van der Waals surface area contributed by atoms with Crippen LogP contribution in [0.2, 0.25) is 0 Å². The van der Waals surface area contributed by atoms with Gasteiger partial charge < -0.3 is 9.47 Å². The smallest absolute Gasteiger partial charge is 0.356 e. The van der Waals surface area contributed by atoms with E-state index in [0.29, 0.717) is 18.8 Å². The van der Waals surface area contributed by atoms with Crippen molar-refractivity contribution in [1.29, 1.82) is 0 Å². The Bertz CT molecular complexity index is 752. The lowest BCUT2D eigenvalue weighted by Crippen LogP contribution is -2.25. The summed E-state index contributed by atoms with van der Waals surface area (Å²) in [6.07, 6.45) is 0. The molecule has 0 bridgehead atoms. The molecule has 1 aliphatic rings. The van der Waals surface area contributed by atoms with Crippen LogP contribution < -0.4 is 0 Å². The Hall–Kier alpha value is -2.41. The number of pyridine rings is 1. The second-order valence-electron chi connectivity index (χ2n) is 5.11. The van der Waals surface area contributed by atoms with E-state index in [9.17, 15) is 18.0 Å². The summed E-state index contributed by atoms with van der Waals surface area (Å²) in [6.45, 7) is 0.783. The standard InChI is InChI=1S/C16H12F3NO3/c1-22-16(21)13-3-2-10(17)15(20-13)14-11(18)4-8(5-12(14)19)9-6-23-7-9/h2-5,9H,6-7H2,1H3. The van der Waals surface area contributed by atoms with E-state index in [1.807, 2.05) is 0 Å². The van der Waals surface area contributed by atoms with Crippen LogP contribution in [0.15, 0.2) is 24.3 Å². The average Bonchev–Trinajstić information content (AvgIpc) is 2.46. The molecule has 0 saturated carbocycles. The molecule has 0 amide bonds. The number of carbonyl (C=O) groups is 1. The molecule has 0 radical (unpaired) electrons. The summed E-state index contributed by atoms with van der Waals surface area (Å²) < 4.78 is 52.0. The van der Waals surface area contributed by atoms with Gasteiger partial charge in [-0.1, -0.05) is 0 Å². The molecule has 0 unspecified atom stereocenters. The summed E-state index contributed by atoms with van der Waals surface area (Å²) >= 11 is 0. The molecule has 7 heteroatoms. The zero-order valence-corrected chi connectivity index (χ0v) is 12.1. The first kappa shape index (κ1) is 15.5. The van der Waals surface area contributed by atoms with Gasteiger partial charge in [-0.15, -0.1) is 0 Å². The number of esters is 1. The first-order valence-electron chi connectivity index (χ1n) is 6.83. The summed E-state index contributed by atoms with van der Waals surface area (Å²) in [4.78, 5) is 15.1.